The van der Waals surface area contributed by atoms with Crippen molar-refractivity contribution >= 4 is 40.4 Å². The molecule has 9 heteroatoms. The number of thioether (sulfide) groups is 1. The molecular formula is C23H20ClN5O2S. The predicted molar refractivity (Wildman–Crippen MR) is 126 cm³/mol. The van der Waals surface area contributed by atoms with Gasteiger partial charge in [-0.3, -0.25) is 14.2 Å². The summed E-state index contributed by atoms with van der Waals surface area (Å²) in [6.45, 7) is 0.824. The molecule has 0 unspecified atom stereocenters. The van der Waals surface area contributed by atoms with Crippen LogP contribution in [0.5, 0.6) is 0 Å². The number of amides is 1. The fourth-order valence-corrected chi connectivity index (χ4v) is 4.07. The number of fused-ring (bicyclic) bond motifs is 1. The van der Waals surface area contributed by atoms with E-state index in [2.05, 4.69) is 20.3 Å². The summed E-state index contributed by atoms with van der Waals surface area (Å²) in [5.41, 5.74) is 2.20. The van der Waals surface area contributed by atoms with E-state index in [0.717, 1.165) is 17.5 Å². The summed E-state index contributed by atoms with van der Waals surface area (Å²) in [6.07, 6.45) is 3.70. The molecule has 0 saturated heterocycles. The second-order valence-corrected chi connectivity index (χ2v) is 8.39. The minimum absolute atomic E-state index is 0.127. The molecule has 162 valence electrons. The first-order valence-electron chi connectivity index (χ1n) is 9.99. The molecule has 1 amide bonds. The van der Waals surface area contributed by atoms with Crippen LogP contribution in [0.1, 0.15) is 11.1 Å². The van der Waals surface area contributed by atoms with Gasteiger partial charge in [-0.1, -0.05) is 65.8 Å². The Morgan fingerprint density at radius 2 is 1.75 bits per heavy atom. The van der Waals surface area contributed by atoms with E-state index >= 15 is 0 Å². The average molecular weight is 466 g/mol. The number of carbonyl (C=O) groups is 1. The largest absolute Gasteiger partial charge is 0.355 e. The van der Waals surface area contributed by atoms with Crippen LogP contribution in [-0.2, 0) is 17.8 Å². The third kappa shape index (κ3) is 5.52. The van der Waals surface area contributed by atoms with E-state index in [9.17, 15) is 9.59 Å². The summed E-state index contributed by atoms with van der Waals surface area (Å²) in [7, 11) is 0. The van der Waals surface area contributed by atoms with Crippen molar-refractivity contribution in [2.45, 2.75) is 18.1 Å². The fourth-order valence-electron chi connectivity index (χ4n) is 3.12. The van der Waals surface area contributed by atoms with Crippen molar-refractivity contribution in [1.29, 1.82) is 0 Å². The average Bonchev–Trinajstić information content (AvgIpc) is 2.82. The maximum absolute atomic E-state index is 13.1. The second kappa shape index (κ2) is 10.4. The number of hydrogen-bond donors (Lipinski definition) is 1. The molecule has 7 nitrogen and oxygen atoms in total. The van der Waals surface area contributed by atoms with E-state index in [0.29, 0.717) is 16.7 Å². The molecule has 0 aliphatic carbocycles. The summed E-state index contributed by atoms with van der Waals surface area (Å²) in [5.74, 6) is 0.00521. The number of halogens is 1. The van der Waals surface area contributed by atoms with Gasteiger partial charge in [0.05, 0.1) is 12.3 Å². The molecule has 0 bridgehead atoms. The SMILES string of the molecule is O=C(CSc1nc2nccnc2c(=O)n1Cc1ccc(Cl)cc1)NCCc1ccccc1. The number of aromatic nitrogens is 4. The van der Waals surface area contributed by atoms with Crippen LogP contribution in [0.15, 0.2) is 76.9 Å². The molecule has 1 N–H and O–H groups in total. The topological polar surface area (TPSA) is 89.8 Å². The van der Waals surface area contributed by atoms with Crippen molar-refractivity contribution in [2.75, 3.05) is 12.3 Å². The van der Waals surface area contributed by atoms with Crippen molar-refractivity contribution in [1.82, 2.24) is 24.8 Å². The van der Waals surface area contributed by atoms with Gasteiger partial charge in [0.1, 0.15) is 0 Å². The highest BCUT2D eigenvalue weighted by molar-refractivity contribution is 7.99. The Balaban J connectivity index is 1.49. The molecule has 0 saturated carbocycles. The van der Waals surface area contributed by atoms with Crippen LogP contribution in [0.3, 0.4) is 0 Å². The Morgan fingerprint density at radius 1 is 1.00 bits per heavy atom. The number of benzene rings is 2. The highest BCUT2D eigenvalue weighted by Gasteiger charge is 2.15. The van der Waals surface area contributed by atoms with E-state index in [4.69, 9.17) is 11.6 Å². The lowest BCUT2D eigenvalue weighted by atomic mass is 10.1. The highest BCUT2D eigenvalue weighted by atomic mass is 35.5. The molecule has 0 fully saturated rings. The molecule has 32 heavy (non-hydrogen) atoms. The van der Waals surface area contributed by atoms with Crippen LogP contribution in [0.25, 0.3) is 11.2 Å². The first-order valence-corrected chi connectivity index (χ1v) is 11.4. The predicted octanol–water partition coefficient (Wildman–Crippen LogP) is 3.34. The van der Waals surface area contributed by atoms with Gasteiger partial charge in [0, 0.05) is 24.0 Å². The molecule has 0 radical (unpaired) electrons. The standard InChI is InChI=1S/C23H20ClN5O2S/c24-18-8-6-17(7-9-18)14-29-22(31)20-21(27-13-12-26-20)28-23(29)32-15-19(30)25-11-10-16-4-2-1-3-5-16/h1-9,12-13H,10-11,14-15H2,(H,25,30). The number of nitrogens with one attached hydrogen (secondary N) is 1. The van der Waals surface area contributed by atoms with Crippen LogP contribution in [0.2, 0.25) is 5.02 Å². The van der Waals surface area contributed by atoms with Crippen molar-refractivity contribution in [3.8, 4) is 0 Å². The number of carbonyl (C=O) groups excluding carboxylic acids is 1. The quantitative estimate of drug-likeness (QED) is 0.317. The minimum atomic E-state index is -0.301. The van der Waals surface area contributed by atoms with Crippen LogP contribution in [0.4, 0.5) is 0 Å². The van der Waals surface area contributed by atoms with Gasteiger partial charge in [-0.25, -0.2) is 15.0 Å². The Hall–Kier alpha value is -3.23. The van der Waals surface area contributed by atoms with Gasteiger partial charge < -0.3 is 5.32 Å². The maximum Gasteiger partial charge on any atom is 0.282 e. The van der Waals surface area contributed by atoms with Crippen molar-refractivity contribution in [3.05, 3.63) is 93.5 Å². The van der Waals surface area contributed by atoms with Crippen LogP contribution in [-0.4, -0.2) is 37.7 Å². The molecule has 4 aromatic rings. The van der Waals surface area contributed by atoms with Crippen LogP contribution >= 0.6 is 23.4 Å². The lowest BCUT2D eigenvalue weighted by Crippen LogP contribution is -2.29. The fraction of sp³-hybridized carbons (Fsp3) is 0.174. The van der Waals surface area contributed by atoms with Gasteiger partial charge in [0.15, 0.2) is 16.3 Å². The van der Waals surface area contributed by atoms with E-state index in [-0.39, 0.29) is 34.9 Å². The zero-order valence-electron chi connectivity index (χ0n) is 17.1. The Morgan fingerprint density at radius 3 is 2.53 bits per heavy atom. The molecule has 2 aromatic carbocycles. The summed E-state index contributed by atoms with van der Waals surface area (Å²) in [6, 6.07) is 17.2. The van der Waals surface area contributed by atoms with Gasteiger partial charge in [0.25, 0.3) is 5.56 Å². The van der Waals surface area contributed by atoms with E-state index in [1.807, 2.05) is 42.5 Å². The number of hydrogen-bond acceptors (Lipinski definition) is 6. The molecular weight excluding hydrogens is 446 g/mol. The lowest BCUT2D eigenvalue weighted by molar-refractivity contribution is -0.118. The number of nitrogens with zero attached hydrogens (tertiary/aromatic N) is 4. The van der Waals surface area contributed by atoms with E-state index in [1.165, 1.54) is 28.7 Å². The van der Waals surface area contributed by atoms with Crippen molar-refractivity contribution in [3.63, 3.8) is 0 Å². The van der Waals surface area contributed by atoms with Gasteiger partial charge in [-0.05, 0) is 29.7 Å². The second-order valence-electron chi connectivity index (χ2n) is 7.01. The first kappa shape index (κ1) is 22.0. The maximum atomic E-state index is 13.1. The monoisotopic (exact) mass is 465 g/mol. The molecule has 0 spiro atoms. The van der Waals surface area contributed by atoms with Crippen LogP contribution in [0, 0.1) is 0 Å². The minimum Gasteiger partial charge on any atom is -0.355 e. The third-order valence-corrected chi connectivity index (χ3v) is 5.95. The molecule has 2 heterocycles. The third-order valence-electron chi connectivity index (χ3n) is 4.72. The van der Waals surface area contributed by atoms with Gasteiger partial charge in [-0.2, -0.15) is 0 Å². The summed E-state index contributed by atoms with van der Waals surface area (Å²) < 4.78 is 1.52. The molecule has 0 atom stereocenters. The Bertz CT molecular complexity index is 1280. The summed E-state index contributed by atoms with van der Waals surface area (Å²) >= 11 is 7.17. The summed E-state index contributed by atoms with van der Waals surface area (Å²) in [4.78, 5) is 38.2. The van der Waals surface area contributed by atoms with Gasteiger partial charge in [0.2, 0.25) is 5.91 Å². The zero-order valence-corrected chi connectivity index (χ0v) is 18.6. The van der Waals surface area contributed by atoms with E-state index < -0.39 is 0 Å². The van der Waals surface area contributed by atoms with Crippen LogP contribution < -0.4 is 10.9 Å². The van der Waals surface area contributed by atoms with Gasteiger partial charge >= 0.3 is 0 Å². The molecule has 4 rings (SSSR count). The van der Waals surface area contributed by atoms with Gasteiger partial charge in [-0.15, -0.1) is 0 Å². The summed E-state index contributed by atoms with van der Waals surface area (Å²) in [5, 5.41) is 3.94. The molecule has 0 aliphatic heterocycles. The lowest BCUT2D eigenvalue weighted by Gasteiger charge is -2.12. The van der Waals surface area contributed by atoms with E-state index in [1.54, 1.807) is 12.1 Å². The molecule has 2 aromatic heterocycles. The van der Waals surface area contributed by atoms with Crippen molar-refractivity contribution in [2.24, 2.45) is 0 Å². The first-order chi connectivity index (χ1) is 15.6. The highest BCUT2D eigenvalue weighted by Crippen LogP contribution is 2.18. The Labute approximate surface area is 193 Å². The normalized spacial score (nSPS) is 10.9. The smallest absolute Gasteiger partial charge is 0.282 e. The zero-order chi connectivity index (χ0) is 22.3. The molecule has 0 aliphatic rings. The Kier molecular flexibility index (Phi) is 7.14. The number of rotatable bonds is 8. The van der Waals surface area contributed by atoms with Crippen molar-refractivity contribution < 1.29 is 4.79 Å².